The lowest BCUT2D eigenvalue weighted by atomic mass is 10.1. The Kier molecular flexibility index (Phi) is 3.54. The number of nitrogens with one attached hydrogen (secondary N) is 1. The zero-order chi connectivity index (χ0) is 12.3. The minimum atomic E-state index is -0.152. The number of benzene rings is 1. The molecular formula is C13H16N2O2. The first-order valence-electron chi connectivity index (χ1n) is 5.82. The first kappa shape index (κ1) is 11.8. The zero-order valence-corrected chi connectivity index (χ0v) is 9.90. The molecule has 0 radical (unpaired) electrons. The van der Waals surface area contributed by atoms with Crippen LogP contribution in [0.25, 0.3) is 0 Å². The molecule has 1 saturated heterocycles. The SMILES string of the molecule is CCc1ccc(CN2C(=O)CNCC2=O)cc1. The highest BCUT2D eigenvalue weighted by atomic mass is 16.2. The molecule has 2 amide bonds. The molecule has 17 heavy (non-hydrogen) atoms. The molecule has 4 nitrogen and oxygen atoms in total. The molecule has 0 bridgehead atoms. The number of rotatable bonds is 3. The standard InChI is InChI=1S/C13H16N2O2/c1-2-10-3-5-11(6-4-10)9-15-12(16)7-14-8-13(15)17/h3-6,14H,2,7-9H2,1H3. The summed E-state index contributed by atoms with van der Waals surface area (Å²) in [6.45, 7) is 2.97. The maximum absolute atomic E-state index is 11.6. The van der Waals surface area contributed by atoms with Crippen molar-refractivity contribution in [2.24, 2.45) is 0 Å². The second kappa shape index (κ2) is 5.10. The Morgan fingerprint density at radius 1 is 1.06 bits per heavy atom. The average molecular weight is 232 g/mol. The van der Waals surface area contributed by atoms with Gasteiger partial charge >= 0.3 is 0 Å². The summed E-state index contributed by atoms with van der Waals surface area (Å²) in [7, 11) is 0. The van der Waals surface area contributed by atoms with E-state index >= 15 is 0 Å². The minimum Gasteiger partial charge on any atom is -0.300 e. The average Bonchev–Trinajstić information content (AvgIpc) is 2.35. The lowest BCUT2D eigenvalue weighted by molar-refractivity contribution is -0.147. The maximum atomic E-state index is 11.6. The number of hydrogen-bond acceptors (Lipinski definition) is 3. The van der Waals surface area contributed by atoms with Crippen molar-refractivity contribution in [3.8, 4) is 0 Å². The molecule has 1 aliphatic rings. The van der Waals surface area contributed by atoms with Gasteiger partial charge in [-0.05, 0) is 17.5 Å². The van der Waals surface area contributed by atoms with E-state index in [2.05, 4.69) is 12.2 Å². The molecule has 1 aliphatic heterocycles. The molecule has 1 aromatic rings. The van der Waals surface area contributed by atoms with Crippen molar-refractivity contribution in [1.29, 1.82) is 0 Å². The van der Waals surface area contributed by atoms with Gasteiger partial charge in [0.25, 0.3) is 0 Å². The van der Waals surface area contributed by atoms with Crippen LogP contribution in [0.4, 0.5) is 0 Å². The van der Waals surface area contributed by atoms with Gasteiger partial charge in [-0.15, -0.1) is 0 Å². The summed E-state index contributed by atoms with van der Waals surface area (Å²) in [6, 6.07) is 8.02. The number of carbonyl (C=O) groups is 2. The predicted molar refractivity (Wildman–Crippen MR) is 64.2 cm³/mol. The molecule has 1 aromatic carbocycles. The normalized spacial score (nSPS) is 16.4. The molecule has 90 valence electrons. The summed E-state index contributed by atoms with van der Waals surface area (Å²) >= 11 is 0. The van der Waals surface area contributed by atoms with E-state index in [1.54, 1.807) is 0 Å². The van der Waals surface area contributed by atoms with E-state index in [4.69, 9.17) is 0 Å². The quantitative estimate of drug-likeness (QED) is 0.781. The summed E-state index contributed by atoms with van der Waals surface area (Å²) in [4.78, 5) is 24.5. The van der Waals surface area contributed by atoms with Crippen LogP contribution in [-0.4, -0.2) is 29.8 Å². The lowest BCUT2D eigenvalue weighted by Crippen LogP contribution is -2.51. The van der Waals surface area contributed by atoms with Gasteiger partial charge in [-0.1, -0.05) is 31.2 Å². The van der Waals surface area contributed by atoms with Crippen LogP contribution < -0.4 is 5.32 Å². The van der Waals surface area contributed by atoms with Crippen molar-refractivity contribution in [1.82, 2.24) is 10.2 Å². The summed E-state index contributed by atoms with van der Waals surface area (Å²) in [5.74, 6) is -0.304. The van der Waals surface area contributed by atoms with Crippen LogP contribution in [0.15, 0.2) is 24.3 Å². The van der Waals surface area contributed by atoms with Gasteiger partial charge in [0.2, 0.25) is 11.8 Å². The fourth-order valence-corrected chi connectivity index (χ4v) is 1.85. The molecule has 0 aliphatic carbocycles. The van der Waals surface area contributed by atoms with E-state index in [0.29, 0.717) is 6.54 Å². The number of piperazine rings is 1. The molecule has 1 fully saturated rings. The lowest BCUT2D eigenvalue weighted by Gasteiger charge is -2.25. The fraction of sp³-hybridized carbons (Fsp3) is 0.385. The first-order valence-corrected chi connectivity index (χ1v) is 5.82. The van der Waals surface area contributed by atoms with Crippen molar-refractivity contribution >= 4 is 11.8 Å². The second-order valence-corrected chi connectivity index (χ2v) is 4.15. The maximum Gasteiger partial charge on any atom is 0.243 e. The Hall–Kier alpha value is -1.68. The van der Waals surface area contributed by atoms with Gasteiger partial charge in [-0.2, -0.15) is 0 Å². The van der Waals surface area contributed by atoms with Gasteiger partial charge in [0.05, 0.1) is 19.6 Å². The Morgan fingerprint density at radius 3 is 2.12 bits per heavy atom. The minimum absolute atomic E-state index is 0.152. The van der Waals surface area contributed by atoms with Crippen LogP contribution in [0, 0.1) is 0 Å². The number of imide groups is 1. The number of carbonyl (C=O) groups excluding carboxylic acids is 2. The van der Waals surface area contributed by atoms with Crippen LogP contribution in [0.3, 0.4) is 0 Å². The van der Waals surface area contributed by atoms with Crippen LogP contribution in [0.1, 0.15) is 18.1 Å². The third kappa shape index (κ3) is 2.71. The number of nitrogens with zero attached hydrogens (tertiary/aromatic N) is 1. The molecule has 1 N–H and O–H groups in total. The molecule has 1 heterocycles. The Bertz CT molecular complexity index is 410. The van der Waals surface area contributed by atoms with Crippen molar-refractivity contribution in [2.45, 2.75) is 19.9 Å². The summed E-state index contributed by atoms with van der Waals surface area (Å²) in [6.07, 6.45) is 0.992. The number of amides is 2. The topological polar surface area (TPSA) is 49.4 Å². The van der Waals surface area contributed by atoms with Gasteiger partial charge in [-0.25, -0.2) is 0 Å². The Labute approximate surface area is 101 Å². The van der Waals surface area contributed by atoms with Crippen LogP contribution in [0.5, 0.6) is 0 Å². The summed E-state index contributed by atoms with van der Waals surface area (Å²) in [5, 5.41) is 2.78. The molecular weight excluding hydrogens is 216 g/mol. The van der Waals surface area contributed by atoms with Gasteiger partial charge in [0.1, 0.15) is 0 Å². The van der Waals surface area contributed by atoms with Crippen LogP contribution in [-0.2, 0) is 22.6 Å². The van der Waals surface area contributed by atoms with Crippen molar-refractivity contribution in [3.05, 3.63) is 35.4 Å². The number of hydrogen-bond donors (Lipinski definition) is 1. The third-order valence-corrected chi connectivity index (χ3v) is 2.93. The molecule has 0 unspecified atom stereocenters. The van der Waals surface area contributed by atoms with E-state index in [9.17, 15) is 9.59 Å². The first-order chi connectivity index (χ1) is 8.20. The van der Waals surface area contributed by atoms with Crippen LogP contribution >= 0.6 is 0 Å². The number of aryl methyl sites for hydroxylation is 1. The Morgan fingerprint density at radius 2 is 1.59 bits per heavy atom. The highest BCUT2D eigenvalue weighted by Crippen LogP contribution is 2.09. The predicted octanol–water partition coefficient (Wildman–Crippen LogP) is 0.707. The monoisotopic (exact) mass is 232 g/mol. The fourth-order valence-electron chi connectivity index (χ4n) is 1.85. The summed E-state index contributed by atoms with van der Waals surface area (Å²) in [5.41, 5.74) is 2.25. The highest BCUT2D eigenvalue weighted by Gasteiger charge is 2.25. The molecule has 2 rings (SSSR count). The van der Waals surface area contributed by atoms with E-state index < -0.39 is 0 Å². The largest absolute Gasteiger partial charge is 0.300 e. The van der Waals surface area contributed by atoms with Gasteiger partial charge in [0.15, 0.2) is 0 Å². The molecule has 0 spiro atoms. The Balaban J connectivity index is 2.08. The highest BCUT2D eigenvalue weighted by molar-refractivity contribution is 5.99. The molecule has 0 atom stereocenters. The smallest absolute Gasteiger partial charge is 0.243 e. The summed E-state index contributed by atoms with van der Waals surface area (Å²) < 4.78 is 0. The molecule has 0 aromatic heterocycles. The van der Waals surface area contributed by atoms with E-state index in [1.807, 2.05) is 24.3 Å². The van der Waals surface area contributed by atoms with E-state index in [1.165, 1.54) is 10.5 Å². The van der Waals surface area contributed by atoms with Crippen molar-refractivity contribution in [2.75, 3.05) is 13.1 Å². The van der Waals surface area contributed by atoms with Gasteiger partial charge in [0, 0.05) is 0 Å². The van der Waals surface area contributed by atoms with Crippen molar-refractivity contribution < 1.29 is 9.59 Å². The molecule has 4 heteroatoms. The van der Waals surface area contributed by atoms with Crippen molar-refractivity contribution in [3.63, 3.8) is 0 Å². The van der Waals surface area contributed by atoms with E-state index in [-0.39, 0.29) is 24.9 Å². The second-order valence-electron chi connectivity index (χ2n) is 4.15. The van der Waals surface area contributed by atoms with Gasteiger partial charge < -0.3 is 0 Å². The van der Waals surface area contributed by atoms with Gasteiger partial charge in [-0.3, -0.25) is 19.8 Å². The van der Waals surface area contributed by atoms with Crippen LogP contribution in [0.2, 0.25) is 0 Å². The molecule has 0 saturated carbocycles. The van der Waals surface area contributed by atoms with E-state index in [0.717, 1.165) is 12.0 Å². The third-order valence-electron chi connectivity index (χ3n) is 2.93. The zero-order valence-electron chi connectivity index (χ0n) is 9.90.